The molecule has 1 heterocycles. The van der Waals surface area contributed by atoms with E-state index in [1.807, 2.05) is 0 Å². The van der Waals surface area contributed by atoms with E-state index in [1.54, 1.807) is 37.3 Å². The fourth-order valence-electron chi connectivity index (χ4n) is 3.13. The molecule has 2 aromatic rings. The molecule has 29 heavy (non-hydrogen) atoms. The van der Waals surface area contributed by atoms with Crippen molar-refractivity contribution in [1.82, 2.24) is 4.31 Å². The van der Waals surface area contributed by atoms with Crippen LogP contribution in [0.25, 0.3) is 0 Å². The van der Waals surface area contributed by atoms with Crippen LogP contribution in [-0.4, -0.2) is 38.3 Å². The van der Waals surface area contributed by atoms with E-state index in [4.69, 9.17) is 27.9 Å². The van der Waals surface area contributed by atoms with Crippen LogP contribution in [0.2, 0.25) is 10.0 Å². The molecule has 0 unspecified atom stereocenters. The van der Waals surface area contributed by atoms with Gasteiger partial charge in [-0.25, -0.2) is 8.42 Å². The lowest BCUT2D eigenvalue weighted by atomic mass is 10.2. The maximum Gasteiger partial charge on any atom is 0.262 e. The first-order valence-electron chi connectivity index (χ1n) is 9.26. The number of ether oxygens (including phenoxy) is 1. The number of nitrogens with one attached hydrogen (secondary N) is 1. The largest absolute Gasteiger partial charge is 0.483 e. The Morgan fingerprint density at radius 3 is 2.55 bits per heavy atom. The highest BCUT2D eigenvalue weighted by Gasteiger charge is 2.26. The Labute approximate surface area is 180 Å². The topological polar surface area (TPSA) is 75.7 Å². The number of hydrogen-bond acceptors (Lipinski definition) is 4. The second-order valence-corrected chi connectivity index (χ2v) is 9.55. The number of nitrogens with zero attached hydrogens (tertiary/aromatic N) is 1. The number of piperidine rings is 1. The van der Waals surface area contributed by atoms with Crippen molar-refractivity contribution in [2.24, 2.45) is 0 Å². The lowest BCUT2D eigenvalue weighted by Gasteiger charge is -2.26. The summed E-state index contributed by atoms with van der Waals surface area (Å²) in [5, 5.41) is 3.23. The van der Waals surface area contributed by atoms with Crippen LogP contribution in [0.3, 0.4) is 0 Å². The molecule has 0 bridgehead atoms. The lowest BCUT2D eigenvalue weighted by molar-refractivity contribution is -0.118. The Balaban J connectivity index is 1.65. The molecule has 3 rings (SSSR count). The van der Waals surface area contributed by atoms with Crippen molar-refractivity contribution in [3.63, 3.8) is 0 Å². The van der Waals surface area contributed by atoms with Crippen LogP contribution in [0, 0.1) is 6.92 Å². The van der Waals surface area contributed by atoms with Gasteiger partial charge in [0.1, 0.15) is 5.75 Å². The third-order valence-electron chi connectivity index (χ3n) is 4.68. The van der Waals surface area contributed by atoms with Gasteiger partial charge in [-0.3, -0.25) is 4.79 Å². The van der Waals surface area contributed by atoms with Crippen molar-refractivity contribution in [1.29, 1.82) is 0 Å². The van der Waals surface area contributed by atoms with E-state index in [9.17, 15) is 13.2 Å². The molecule has 9 heteroatoms. The summed E-state index contributed by atoms with van der Waals surface area (Å²) in [4.78, 5) is 12.4. The van der Waals surface area contributed by atoms with E-state index in [2.05, 4.69) is 5.32 Å². The SMILES string of the molecule is Cc1cc(S(=O)(=O)N2CCCCC2)ccc1OCC(=O)Nc1cccc(Cl)c1Cl. The van der Waals surface area contributed by atoms with Crippen molar-refractivity contribution in [2.75, 3.05) is 25.0 Å². The van der Waals surface area contributed by atoms with Gasteiger partial charge in [-0.1, -0.05) is 35.7 Å². The van der Waals surface area contributed by atoms with Gasteiger partial charge in [0.25, 0.3) is 5.91 Å². The van der Waals surface area contributed by atoms with Gasteiger partial charge in [-0.05, 0) is 55.7 Å². The Morgan fingerprint density at radius 2 is 1.86 bits per heavy atom. The maximum absolute atomic E-state index is 12.8. The highest BCUT2D eigenvalue weighted by molar-refractivity contribution is 7.89. The van der Waals surface area contributed by atoms with Gasteiger partial charge in [0.05, 0.1) is 20.6 Å². The molecular weight excluding hydrogens is 435 g/mol. The Morgan fingerprint density at radius 1 is 1.14 bits per heavy atom. The van der Waals surface area contributed by atoms with Gasteiger partial charge >= 0.3 is 0 Å². The highest BCUT2D eigenvalue weighted by atomic mass is 35.5. The van der Waals surface area contributed by atoms with E-state index in [0.717, 1.165) is 19.3 Å². The number of benzene rings is 2. The number of amides is 1. The van der Waals surface area contributed by atoms with Gasteiger partial charge in [0.2, 0.25) is 10.0 Å². The summed E-state index contributed by atoms with van der Waals surface area (Å²) in [5.74, 6) is 0.0357. The predicted octanol–water partition coefficient (Wildman–Crippen LogP) is 4.49. The summed E-state index contributed by atoms with van der Waals surface area (Å²) in [6.45, 7) is 2.59. The standard InChI is InChI=1S/C20H22Cl2N2O4S/c1-14-12-15(29(26,27)24-10-3-2-4-11-24)8-9-18(14)28-13-19(25)23-17-7-5-6-16(21)20(17)22/h5-9,12H,2-4,10-11,13H2,1H3,(H,23,25). The lowest BCUT2D eigenvalue weighted by Crippen LogP contribution is -2.35. The number of halogens is 2. The van der Waals surface area contributed by atoms with E-state index in [0.29, 0.717) is 35.1 Å². The zero-order valence-corrected chi connectivity index (χ0v) is 18.3. The maximum atomic E-state index is 12.8. The number of sulfonamides is 1. The second kappa shape index (κ2) is 9.34. The minimum absolute atomic E-state index is 0.236. The Bertz CT molecular complexity index is 1010. The third kappa shape index (κ3) is 5.22. The third-order valence-corrected chi connectivity index (χ3v) is 7.40. The average molecular weight is 457 g/mol. The molecule has 1 fully saturated rings. The van der Waals surface area contributed by atoms with Gasteiger partial charge < -0.3 is 10.1 Å². The number of carbonyl (C=O) groups is 1. The van der Waals surface area contributed by atoms with Crippen LogP contribution in [-0.2, 0) is 14.8 Å². The molecule has 0 atom stereocenters. The Kier molecular flexibility index (Phi) is 7.05. The van der Waals surface area contributed by atoms with Crippen LogP contribution >= 0.6 is 23.2 Å². The van der Waals surface area contributed by atoms with E-state index >= 15 is 0 Å². The van der Waals surface area contributed by atoms with Crippen molar-refractivity contribution in [3.05, 3.63) is 52.0 Å². The molecule has 0 saturated carbocycles. The number of aryl methyl sites for hydroxylation is 1. The molecule has 1 N–H and O–H groups in total. The molecule has 0 radical (unpaired) electrons. The zero-order chi connectivity index (χ0) is 21.0. The summed E-state index contributed by atoms with van der Waals surface area (Å²) < 4.78 is 32.6. The zero-order valence-electron chi connectivity index (χ0n) is 16.0. The van der Waals surface area contributed by atoms with Gasteiger partial charge in [-0.2, -0.15) is 4.31 Å². The summed E-state index contributed by atoms with van der Waals surface area (Å²) in [5.41, 5.74) is 1.03. The fourth-order valence-corrected chi connectivity index (χ4v) is 5.08. The highest BCUT2D eigenvalue weighted by Crippen LogP contribution is 2.30. The van der Waals surface area contributed by atoms with E-state index < -0.39 is 15.9 Å². The number of anilines is 1. The summed E-state index contributed by atoms with van der Waals surface area (Å²) in [6, 6.07) is 9.60. The Hall–Kier alpha value is -1.80. The predicted molar refractivity (Wildman–Crippen MR) is 114 cm³/mol. The average Bonchev–Trinajstić information content (AvgIpc) is 2.71. The first kappa shape index (κ1) is 21.9. The van der Waals surface area contributed by atoms with E-state index in [1.165, 1.54) is 10.4 Å². The molecule has 2 aromatic carbocycles. The van der Waals surface area contributed by atoms with Crippen molar-refractivity contribution in [3.8, 4) is 5.75 Å². The molecule has 1 saturated heterocycles. The summed E-state index contributed by atoms with van der Waals surface area (Å²) >= 11 is 12.0. The molecule has 156 valence electrons. The van der Waals surface area contributed by atoms with E-state index in [-0.39, 0.29) is 16.5 Å². The minimum atomic E-state index is -3.51. The van der Waals surface area contributed by atoms with Crippen molar-refractivity contribution < 1.29 is 17.9 Å². The second-order valence-electron chi connectivity index (χ2n) is 6.83. The number of rotatable bonds is 6. The molecule has 1 aliphatic rings. The van der Waals surface area contributed by atoms with Crippen LogP contribution in [0.15, 0.2) is 41.3 Å². The first-order valence-corrected chi connectivity index (χ1v) is 11.5. The molecule has 0 spiro atoms. The van der Waals surface area contributed by atoms with Crippen LogP contribution in [0.1, 0.15) is 24.8 Å². The van der Waals surface area contributed by atoms with Gasteiger partial charge in [0.15, 0.2) is 6.61 Å². The number of hydrogen-bond donors (Lipinski definition) is 1. The quantitative estimate of drug-likeness (QED) is 0.694. The first-order chi connectivity index (χ1) is 13.8. The molecule has 1 amide bonds. The molecular formula is C20H22Cl2N2O4S. The molecule has 0 aliphatic carbocycles. The van der Waals surface area contributed by atoms with Gasteiger partial charge in [0, 0.05) is 13.1 Å². The smallest absolute Gasteiger partial charge is 0.262 e. The normalized spacial score (nSPS) is 15.1. The van der Waals surface area contributed by atoms with Crippen LogP contribution < -0.4 is 10.1 Å². The summed E-state index contributed by atoms with van der Waals surface area (Å²) in [7, 11) is -3.51. The molecule has 1 aliphatic heterocycles. The summed E-state index contributed by atoms with van der Waals surface area (Å²) in [6.07, 6.45) is 2.82. The van der Waals surface area contributed by atoms with Gasteiger partial charge in [-0.15, -0.1) is 0 Å². The minimum Gasteiger partial charge on any atom is -0.483 e. The van der Waals surface area contributed by atoms with Crippen molar-refractivity contribution >= 4 is 44.8 Å². The molecule has 6 nitrogen and oxygen atoms in total. The van der Waals surface area contributed by atoms with Crippen molar-refractivity contribution in [2.45, 2.75) is 31.1 Å². The number of carbonyl (C=O) groups excluding carboxylic acids is 1. The van der Waals surface area contributed by atoms with Crippen LogP contribution in [0.4, 0.5) is 5.69 Å². The van der Waals surface area contributed by atoms with Crippen LogP contribution in [0.5, 0.6) is 5.75 Å². The fraction of sp³-hybridized carbons (Fsp3) is 0.350. The molecule has 0 aromatic heterocycles. The monoisotopic (exact) mass is 456 g/mol.